The Hall–Kier alpha value is -1.75. The average molecular weight is 249 g/mol. The summed E-state index contributed by atoms with van der Waals surface area (Å²) in [6.07, 6.45) is 0.732. The first-order chi connectivity index (χ1) is 8.75. The summed E-state index contributed by atoms with van der Waals surface area (Å²) in [5, 5.41) is 13.8. The molecule has 1 aromatic carbocycles. The number of carbonyl (C=O) groups excluding carboxylic acids is 1. The monoisotopic (exact) mass is 249 g/mol. The van der Waals surface area contributed by atoms with Crippen LogP contribution >= 0.6 is 0 Å². The average Bonchev–Trinajstić information content (AvgIpc) is 2.42. The Morgan fingerprint density at radius 3 is 2.61 bits per heavy atom. The molecule has 0 saturated carbocycles. The normalized spacial score (nSPS) is 15.4. The smallest absolute Gasteiger partial charge is 0.317 e. The van der Waals surface area contributed by atoms with Crippen LogP contribution in [0.2, 0.25) is 0 Å². The van der Waals surface area contributed by atoms with Crippen molar-refractivity contribution in [2.45, 2.75) is 6.42 Å². The molecule has 1 aliphatic heterocycles. The zero-order valence-corrected chi connectivity index (χ0v) is 10.2. The van der Waals surface area contributed by atoms with E-state index in [-0.39, 0.29) is 11.8 Å². The van der Waals surface area contributed by atoms with Crippen molar-refractivity contribution in [1.29, 1.82) is 0 Å². The van der Waals surface area contributed by atoms with Crippen molar-refractivity contribution in [2.75, 3.05) is 32.8 Å². The Morgan fingerprint density at radius 2 is 1.94 bits per heavy atom. The summed E-state index contributed by atoms with van der Waals surface area (Å²) < 4.78 is 5.18. The molecule has 5 heteroatoms. The number of amides is 2. The van der Waals surface area contributed by atoms with Crippen molar-refractivity contribution in [3.8, 4) is 5.75 Å². The van der Waals surface area contributed by atoms with Crippen LogP contribution in [0.25, 0.3) is 0 Å². The molecule has 2 rings (SSSR count). The highest BCUT2D eigenvalue weighted by Gasteiger charge is 2.15. The van der Waals surface area contributed by atoms with Crippen LogP contribution in [0, 0.1) is 0 Å². The zero-order valence-electron chi connectivity index (χ0n) is 10.2. The summed E-state index contributed by atoms with van der Waals surface area (Å²) >= 11 is 0. The van der Waals surface area contributed by atoms with Crippen LogP contribution in [-0.4, -0.2) is 43.8 Å². The number of hydrogen-bond acceptors (Lipinski definition) is 3. The van der Waals surface area contributed by atoms with E-state index in [0.717, 1.165) is 12.0 Å². The van der Waals surface area contributed by atoms with Gasteiger partial charge in [0.15, 0.2) is 0 Å². The minimum atomic E-state index is -0.0428. The molecule has 98 valence electrons. The van der Waals surface area contributed by atoms with Crippen molar-refractivity contribution in [2.24, 2.45) is 0 Å². The molecular weight excluding hydrogens is 232 g/mol. The third-order valence-electron chi connectivity index (χ3n) is 2.91. The lowest BCUT2D eigenvalue weighted by Crippen LogP contribution is -2.46. The third-order valence-corrected chi connectivity index (χ3v) is 2.91. The van der Waals surface area contributed by atoms with Gasteiger partial charge in [0.1, 0.15) is 0 Å². The van der Waals surface area contributed by atoms with Gasteiger partial charge in [-0.15, -0.1) is 5.75 Å². The molecule has 0 unspecified atom stereocenters. The van der Waals surface area contributed by atoms with Crippen molar-refractivity contribution in [1.82, 2.24) is 10.2 Å². The zero-order chi connectivity index (χ0) is 12.8. The first-order valence-corrected chi connectivity index (χ1v) is 6.12. The van der Waals surface area contributed by atoms with E-state index in [1.165, 1.54) is 0 Å². The number of urea groups is 1. The van der Waals surface area contributed by atoms with Gasteiger partial charge in [-0.1, -0.05) is 24.3 Å². The van der Waals surface area contributed by atoms with E-state index in [2.05, 4.69) is 5.32 Å². The Labute approximate surface area is 106 Å². The lowest BCUT2D eigenvalue weighted by Gasteiger charge is -2.26. The molecule has 1 aliphatic rings. The predicted octanol–water partition coefficient (Wildman–Crippen LogP) is 0.345. The lowest BCUT2D eigenvalue weighted by atomic mass is 10.1. The molecular formula is C13H17N2O3-. The molecule has 18 heavy (non-hydrogen) atoms. The quantitative estimate of drug-likeness (QED) is 0.840. The molecule has 1 aromatic rings. The van der Waals surface area contributed by atoms with Crippen LogP contribution in [0.3, 0.4) is 0 Å². The minimum Gasteiger partial charge on any atom is -0.872 e. The predicted molar refractivity (Wildman–Crippen MR) is 65.4 cm³/mol. The molecule has 0 radical (unpaired) electrons. The molecule has 1 saturated heterocycles. The van der Waals surface area contributed by atoms with Gasteiger partial charge in [0.2, 0.25) is 0 Å². The Kier molecular flexibility index (Phi) is 4.41. The van der Waals surface area contributed by atoms with Gasteiger partial charge in [-0.2, -0.15) is 0 Å². The fraction of sp³-hybridized carbons (Fsp3) is 0.462. The maximum atomic E-state index is 11.8. The van der Waals surface area contributed by atoms with Gasteiger partial charge in [0.25, 0.3) is 0 Å². The molecule has 1 heterocycles. The van der Waals surface area contributed by atoms with Crippen molar-refractivity contribution in [3.63, 3.8) is 0 Å². The lowest BCUT2D eigenvalue weighted by molar-refractivity contribution is -0.268. The summed E-state index contributed by atoms with van der Waals surface area (Å²) in [5.74, 6) is 0.0103. The van der Waals surface area contributed by atoms with E-state index in [1.54, 1.807) is 29.2 Å². The van der Waals surface area contributed by atoms with Crippen molar-refractivity contribution >= 4 is 6.03 Å². The molecule has 0 aliphatic carbocycles. The van der Waals surface area contributed by atoms with Gasteiger partial charge >= 0.3 is 6.03 Å². The number of hydrogen-bond donors (Lipinski definition) is 1. The van der Waals surface area contributed by atoms with Gasteiger partial charge in [-0.3, -0.25) is 0 Å². The first-order valence-electron chi connectivity index (χ1n) is 6.12. The number of morpholine rings is 1. The maximum Gasteiger partial charge on any atom is 0.317 e. The summed E-state index contributed by atoms with van der Waals surface area (Å²) in [4.78, 5) is 13.5. The van der Waals surface area contributed by atoms with Crippen molar-refractivity contribution < 1.29 is 14.6 Å². The standard InChI is InChI=1S/C13H18N2O3/c16-12-3-1-11(2-4-12)5-6-14-13(17)15-7-9-18-10-8-15/h1-4,16H,5-10H2,(H,14,17)/p-1. The number of nitrogens with zero attached hydrogens (tertiary/aromatic N) is 1. The fourth-order valence-electron chi connectivity index (χ4n) is 1.85. The molecule has 0 aromatic heterocycles. The van der Waals surface area contributed by atoms with E-state index in [4.69, 9.17) is 4.74 Å². The minimum absolute atomic E-state index is 0.0103. The van der Waals surface area contributed by atoms with Crippen LogP contribution in [0.15, 0.2) is 24.3 Å². The summed E-state index contributed by atoms with van der Waals surface area (Å²) in [7, 11) is 0. The summed E-state index contributed by atoms with van der Waals surface area (Å²) in [6, 6.07) is 6.63. The van der Waals surface area contributed by atoms with Crippen molar-refractivity contribution in [3.05, 3.63) is 29.8 Å². The second-order valence-electron chi connectivity index (χ2n) is 4.23. The number of benzene rings is 1. The number of ether oxygens (including phenoxy) is 1. The number of rotatable bonds is 3. The van der Waals surface area contributed by atoms with E-state index < -0.39 is 0 Å². The first kappa shape index (κ1) is 12.7. The third kappa shape index (κ3) is 3.63. The van der Waals surface area contributed by atoms with E-state index in [1.807, 2.05) is 0 Å². The molecule has 0 spiro atoms. The number of carbonyl (C=O) groups is 1. The Morgan fingerprint density at radius 1 is 1.28 bits per heavy atom. The highest BCUT2D eigenvalue weighted by Crippen LogP contribution is 2.06. The van der Waals surface area contributed by atoms with Gasteiger partial charge < -0.3 is 20.1 Å². The highest BCUT2D eigenvalue weighted by atomic mass is 16.5. The van der Waals surface area contributed by atoms with Gasteiger partial charge in [0.05, 0.1) is 13.2 Å². The summed E-state index contributed by atoms with van der Waals surface area (Å²) in [6.45, 7) is 3.10. The van der Waals surface area contributed by atoms with Crippen LogP contribution in [0.4, 0.5) is 4.79 Å². The highest BCUT2D eigenvalue weighted by molar-refractivity contribution is 5.74. The molecule has 1 N–H and O–H groups in total. The topological polar surface area (TPSA) is 64.6 Å². The van der Waals surface area contributed by atoms with Gasteiger partial charge in [-0.25, -0.2) is 4.79 Å². The molecule has 0 atom stereocenters. The van der Waals surface area contributed by atoms with Crippen LogP contribution in [0.5, 0.6) is 5.75 Å². The molecule has 1 fully saturated rings. The summed E-state index contributed by atoms with van der Waals surface area (Å²) in [5.41, 5.74) is 1.05. The van der Waals surface area contributed by atoms with E-state index in [9.17, 15) is 9.90 Å². The second kappa shape index (κ2) is 6.26. The van der Waals surface area contributed by atoms with E-state index in [0.29, 0.717) is 32.8 Å². The van der Waals surface area contributed by atoms with E-state index >= 15 is 0 Å². The largest absolute Gasteiger partial charge is 0.872 e. The molecule has 2 amide bonds. The van der Waals surface area contributed by atoms with Crippen LogP contribution in [0.1, 0.15) is 5.56 Å². The maximum absolute atomic E-state index is 11.8. The van der Waals surface area contributed by atoms with Gasteiger partial charge in [-0.05, 0) is 12.0 Å². The Bertz CT molecular complexity index is 386. The van der Waals surface area contributed by atoms with Crippen LogP contribution in [-0.2, 0) is 11.2 Å². The number of nitrogens with one attached hydrogen (secondary N) is 1. The second-order valence-corrected chi connectivity index (χ2v) is 4.23. The molecule has 5 nitrogen and oxygen atoms in total. The van der Waals surface area contributed by atoms with Gasteiger partial charge in [0, 0.05) is 19.6 Å². The fourth-order valence-corrected chi connectivity index (χ4v) is 1.85. The molecule has 0 bridgehead atoms. The SMILES string of the molecule is O=C(NCCc1ccc([O-])cc1)N1CCOCC1. The van der Waals surface area contributed by atoms with Crippen LogP contribution < -0.4 is 10.4 Å². The Balaban J connectivity index is 1.71.